The molecule has 3 aromatic rings. The minimum Gasteiger partial charge on any atom is -0.394 e. The molecule has 0 amide bonds. The Morgan fingerprint density at radius 1 is 1.35 bits per heavy atom. The standard InChI is InChI=1S/C18H17Cl2FN4O4S2/c1-28-16-14(25-6-11(23-24-25)17-22-2-3-30-17)15(27)12(7-26)29-18(16)31-8-4-9(19)13(21)10(20)5-8/h2-6,12,14-16,18,26-27H,7H2,1H3/t12?,14-,15-,16?,18+/m0/s1. The third-order valence-electron chi connectivity index (χ3n) is 4.77. The van der Waals surface area contributed by atoms with Crippen molar-refractivity contribution in [2.75, 3.05) is 13.7 Å². The van der Waals surface area contributed by atoms with Crippen molar-refractivity contribution in [1.82, 2.24) is 20.0 Å². The van der Waals surface area contributed by atoms with Gasteiger partial charge in [-0.3, -0.25) is 0 Å². The van der Waals surface area contributed by atoms with Crippen molar-refractivity contribution in [3.63, 3.8) is 0 Å². The molecule has 1 saturated heterocycles. The van der Waals surface area contributed by atoms with Gasteiger partial charge in [0, 0.05) is 23.6 Å². The van der Waals surface area contributed by atoms with Gasteiger partial charge in [-0.1, -0.05) is 40.2 Å². The first kappa shape index (κ1) is 22.9. The van der Waals surface area contributed by atoms with E-state index in [9.17, 15) is 14.6 Å². The summed E-state index contributed by atoms with van der Waals surface area (Å²) in [6, 6.07) is 2.13. The molecule has 2 N–H and O–H groups in total. The van der Waals surface area contributed by atoms with Crippen LogP contribution in [0.25, 0.3) is 10.7 Å². The number of ether oxygens (including phenoxy) is 2. The molecule has 2 unspecified atom stereocenters. The van der Waals surface area contributed by atoms with Gasteiger partial charge in [0.25, 0.3) is 0 Å². The van der Waals surface area contributed by atoms with E-state index in [2.05, 4.69) is 15.3 Å². The first-order valence-corrected chi connectivity index (χ1v) is 11.5. The summed E-state index contributed by atoms with van der Waals surface area (Å²) in [5.74, 6) is -0.709. The molecule has 0 bridgehead atoms. The van der Waals surface area contributed by atoms with E-state index in [1.807, 2.05) is 5.38 Å². The number of thioether (sulfide) groups is 1. The van der Waals surface area contributed by atoms with Crippen LogP contribution >= 0.6 is 46.3 Å². The molecule has 0 radical (unpaired) electrons. The minimum absolute atomic E-state index is 0.126. The number of aliphatic hydroxyl groups is 2. The van der Waals surface area contributed by atoms with Crippen molar-refractivity contribution >= 4 is 46.3 Å². The van der Waals surface area contributed by atoms with Gasteiger partial charge in [0.15, 0.2) is 5.82 Å². The van der Waals surface area contributed by atoms with Gasteiger partial charge in [-0.15, -0.1) is 16.4 Å². The van der Waals surface area contributed by atoms with Crippen LogP contribution in [0.1, 0.15) is 6.04 Å². The number of halogens is 3. The van der Waals surface area contributed by atoms with Crippen LogP contribution in [-0.2, 0) is 9.47 Å². The summed E-state index contributed by atoms with van der Waals surface area (Å²) in [6.07, 6.45) is 0.585. The molecule has 1 fully saturated rings. The lowest BCUT2D eigenvalue weighted by Crippen LogP contribution is -2.55. The number of hydrogen-bond acceptors (Lipinski definition) is 9. The van der Waals surface area contributed by atoms with E-state index in [-0.39, 0.29) is 10.0 Å². The number of methoxy groups -OCH3 is 1. The highest BCUT2D eigenvalue weighted by Crippen LogP contribution is 2.41. The number of aromatic nitrogens is 4. The van der Waals surface area contributed by atoms with Crippen LogP contribution in [0, 0.1) is 5.82 Å². The zero-order valence-corrected chi connectivity index (χ0v) is 19.1. The zero-order chi connectivity index (χ0) is 22.1. The number of thiazole rings is 1. The maximum atomic E-state index is 13.8. The van der Waals surface area contributed by atoms with Crippen LogP contribution in [0.4, 0.5) is 4.39 Å². The Kier molecular flexibility index (Phi) is 7.14. The fraction of sp³-hybridized carbons (Fsp3) is 0.389. The van der Waals surface area contributed by atoms with Gasteiger partial charge in [0.05, 0.1) is 22.8 Å². The van der Waals surface area contributed by atoms with Crippen LogP contribution in [0.2, 0.25) is 10.0 Å². The van der Waals surface area contributed by atoms with Crippen LogP contribution in [-0.4, -0.2) is 67.7 Å². The number of aliphatic hydroxyl groups excluding tert-OH is 2. The number of hydrogen-bond donors (Lipinski definition) is 2. The van der Waals surface area contributed by atoms with Crippen molar-refractivity contribution in [1.29, 1.82) is 0 Å². The Morgan fingerprint density at radius 2 is 2.10 bits per heavy atom. The Bertz CT molecular complexity index is 1020. The maximum absolute atomic E-state index is 13.8. The highest BCUT2D eigenvalue weighted by Gasteiger charge is 2.47. The normalized spacial score (nSPS) is 26.3. The van der Waals surface area contributed by atoms with Crippen LogP contribution in [0.15, 0.2) is 34.8 Å². The maximum Gasteiger partial charge on any atom is 0.160 e. The molecule has 4 rings (SSSR count). The SMILES string of the molecule is COC1[C@@H](Sc2cc(Cl)c(F)c(Cl)c2)OC(CO)[C@H](O)[C@@H]1n1cc(-c2nccs2)nn1. The van der Waals surface area contributed by atoms with Crippen LogP contribution in [0.5, 0.6) is 0 Å². The monoisotopic (exact) mass is 506 g/mol. The Hall–Kier alpha value is -1.31. The average molecular weight is 507 g/mol. The highest BCUT2D eigenvalue weighted by atomic mass is 35.5. The molecule has 8 nitrogen and oxygen atoms in total. The molecule has 5 atom stereocenters. The van der Waals surface area contributed by atoms with Gasteiger partial charge < -0.3 is 19.7 Å². The van der Waals surface area contributed by atoms with Gasteiger partial charge in [0.1, 0.15) is 40.5 Å². The summed E-state index contributed by atoms with van der Waals surface area (Å²) in [5, 5.41) is 31.2. The van der Waals surface area contributed by atoms with E-state index in [0.717, 1.165) is 0 Å². The molecule has 0 saturated carbocycles. The summed E-state index contributed by atoms with van der Waals surface area (Å²) in [5.41, 5.74) is -0.147. The van der Waals surface area contributed by atoms with Crippen LogP contribution < -0.4 is 0 Å². The summed E-state index contributed by atoms with van der Waals surface area (Å²) in [4.78, 5) is 4.75. The lowest BCUT2D eigenvalue weighted by Gasteiger charge is -2.43. The summed E-state index contributed by atoms with van der Waals surface area (Å²) in [6.45, 7) is -0.426. The summed E-state index contributed by atoms with van der Waals surface area (Å²) >= 11 is 14.4. The third kappa shape index (κ3) is 4.60. The fourth-order valence-corrected chi connectivity index (χ4v) is 5.76. The predicted octanol–water partition coefficient (Wildman–Crippen LogP) is 3.27. The van der Waals surface area contributed by atoms with Crippen molar-refractivity contribution in [3.05, 3.63) is 45.8 Å². The molecular weight excluding hydrogens is 490 g/mol. The predicted molar refractivity (Wildman–Crippen MR) is 115 cm³/mol. The molecule has 2 aromatic heterocycles. The molecule has 13 heteroatoms. The third-order valence-corrected chi connectivity index (χ3v) is 7.24. The first-order valence-electron chi connectivity index (χ1n) is 9.03. The lowest BCUT2D eigenvalue weighted by molar-refractivity contribution is -0.186. The van der Waals surface area contributed by atoms with E-state index in [1.165, 1.54) is 47.0 Å². The largest absolute Gasteiger partial charge is 0.394 e. The van der Waals surface area contributed by atoms with Gasteiger partial charge in [-0.2, -0.15) is 0 Å². The average Bonchev–Trinajstić information content (AvgIpc) is 3.44. The summed E-state index contributed by atoms with van der Waals surface area (Å²) in [7, 11) is 1.48. The molecule has 1 aromatic carbocycles. The topological polar surface area (TPSA) is 103 Å². The summed E-state index contributed by atoms with van der Waals surface area (Å²) < 4.78 is 26.8. The van der Waals surface area contributed by atoms with E-state index in [0.29, 0.717) is 15.6 Å². The second-order valence-electron chi connectivity index (χ2n) is 6.65. The molecular formula is C18H17Cl2FN4O4S2. The molecule has 0 spiro atoms. The number of benzene rings is 1. The van der Waals surface area contributed by atoms with E-state index in [1.54, 1.807) is 12.4 Å². The zero-order valence-electron chi connectivity index (χ0n) is 15.9. The molecule has 3 heterocycles. The second kappa shape index (κ2) is 9.67. The molecule has 1 aliphatic heterocycles. The Labute approximate surface area is 194 Å². The second-order valence-corrected chi connectivity index (χ2v) is 9.53. The van der Waals surface area contributed by atoms with Crippen molar-refractivity contribution in [2.24, 2.45) is 0 Å². The quantitative estimate of drug-likeness (QED) is 0.491. The number of rotatable bonds is 6. The van der Waals surface area contributed by atoms with Crippen molar-refractivity contribution in [3.8, 4) is 10.7 Å². The van der Waals surface area contributed by atoms with E-state index in [4.69, 9.17) is 32.7 Å². The highest BCUT2D eigenvalue weighted by molar-refractivity contribution is 7.99. The van der Waals surface area contributed by atoms with E-state index >= 15 is 0 Å². The molecule has 166 valence electrons. The van der Waals surface area contributed by atoms with Crippen molar-refractivity contribution in [2.45, 2.75) is 34.7 Å². The van der Waals surface area contributed by atoms with Crippen LogP contribution in [0.3, 0.4) is 0 Å². The molecule has 0 aliphatic carbocycles. The fourth-order valence-electron chi connectivity index (χ4n) is 3.31. The molecule has 31 heavy (non-hydrogen) atoms. The van der Waals surface area contributed by atoms with Gasteiger partial charge in [0.2, 0.25) is 0 Å². The minimum atomic E-state index is -1.13. The molecule has 1 aliphatic rings. The van der Waals surface area contributed by atoms with Gasteiger partial charge in [-0.25, -0.2) is 14.1 Å². The van der Waals surface area contributed by atoms with E-state index < -0.39 is 42.2 Å². The Morgan fingerprint density at radius 3 is 2.71 bits per heavy atom. The Balaban J connectivity index is 1.66. The van der Waals surface area contributed by atoms with Crippen molar-refractivity contribution < 1.29 is 24.1 Å². The first-order chi connectivity index (χ1) is 14.9. The number of nitrogens with zero attached hydrogens (tertiary/aromatic N) is 4. The lowest BCUT2D eigenvalue weighted by atomic mass is 9.97. The smallest absolute Gasteiger partial charge is 0.160 e. The van der Waals surface area contributed by atoms with Gasteiger partial charge >= 0.3 is 0 Å². The van der Waals surface area contributed by atoms with Gasteiger partial charge in [-0.05, 0) is 12.1 Å².